The van der Waals surface area contributed by atoms with Crippen LogP contribution in [0.4, 0.5) is 0 Å². The normalized spacial score (nSPS) is 29.2. The molecule has 1 aliphatic heterocycles. The quantitative estimate of drug-likeness (QED) is 0.421. The van der Waals surface area contributed by atoms with Gasteiger partial charge in [-0.2, -0.15) is 0 Å². The number of ether oxygens (including phenoxy) is 1. The molecule has 2 aliphatic rings. The first-order valence-electron chi connectivity index (χ1n) is 4.73. The maximum atomic E-state index is 11.4. The highest BCUT2D eigenvalue weighted by Crippen LogP contribution is 2.29. The second kappa shape index (κ2) is 3.32. The predicted octanol–water partition coefficient (Wildman–Crippen LogP) is 1.72. The number of hydrogen-bond acceptors (Lipinski definition) is 3. The number of Topliss-reactive ketones (excluding diaryl/α,β-unsaturated/α-hetero) is 1. The van der Waals surface area contributed by atoms with Crippen molar-refractivity contribution in [2.45, 2.75) is 38.5 Å². The molecule has 0 bridgehead atoms. The van der Waals surface area contributed by atoms with Crippen LogP contribution >= 0.6 is 0 Å². The first-order valence-corrected chi connectivity index (χ1v) is 4.73. The minimum absolute atomic E-state index is 0.177. The largest absolute Gasteiger partial charge is 0.431 e. The highest BCUT2D eigenvalue weighted by atomic mass is 16.5. The monoisotopic (exact) mass is 180 g/mol. The molecule has 13 heavy (non-hydrogen) atoms. The van der Waals surface area contributed by atoms with E-state index in [4.69, 9.17) is 4.74 Å². The molecule has 1 heterocycles. The van der Waals surface area contributed by atoms with Crippen molar-refractivity contribution >= 4 is 11.8 Å². The fourth-order valence-electron chi connectivity index (χ4n) is 1.84. The molecule has 2 fully saturated rings. The molecular weight excluding hydrogens is 168 g/mol. The zero-order chi connectivity index (χ0) is 9.26. The van der Waals surface area contributed by atoms with Crippen molar-refractivity contribution in [3.63, 3.8) is 0 Å². The molecule has 1 saturated carbocycles. The van der Waals surface area contributed by atoms with Crippen molar-refractivity contribution in [2.24, 2.45) is 0 Å². The third kappa shape index (κ3) is 1.64. The lowest BCUT2D eigenvalue weighted by Gasteiger charge is -2.13. The Morgan fingerprint density at radius 2 is 1.69 bits per heavy atom. The lowest BCUT2D eigenvalue weighted by molar-refractivity contribution is -0.135. The Kier molecular flexibility index (Phi) is 2.17. The molecule has 1 saturated heterocycles. The Bertz CT molecular complexity index is 289. The zero-order valence-electron chi connectivity index (χ0n) is 7.47. The van der Waals surface area contributed by atoms with Crippen LogP contribution in [0.2, 0.25) is 0 Å². The predicted molar refractivity (Wildman–Crippen MR) is 45.8 cm³/mol. The number of rotatable bonds is 0. The van der Waals surface area contributed by atoms with Gasteiger partial charge >= 0.3 is 5.97 Å². The first kappa shape index (κ1) is 8.48. The van der Waals surface area contributed by atoms with Gasteiger partial charge in [-0.25, -0.2) is 0 Å². The summed E-state index contributed by atoms with van der Waals surface area (Å²) < 4.78 is 4.99. The molecule has 0 aromatic carbocycles. The van der Waals surface area contributed by atoms with E-state index in [-0.39, 0.29) is 11.8 Å². The summed E-state index contributed by atoms with van der Waals surface area (Å²) >= 11 is 0. The summed E-state index contributed by atoms with van der Waals surface area (Å²) in [5.74, 6) is 0.631. The molecule has 0 aromatic rings. The van der Waals surface area contributed by atoms with Gasteiger partial charge in [-0.3, -0.25) is 9.59 Å². The molecular formula is C10H12O3. The number of ketones is 1. The molecule has 0 aromatic heterocycles. The SMILES string of the molecule is O=C1CC/C(=C2/CCCCC2=O)O1. The van der Waals surface area contributed by atoms with Gasteiger partial charge in [0.2, 0.25) is 0 Å². The van der Waals surface area contributed by atoms with Gasteiger partial charge in [0.25, 0.3) is 0 Å². The van der Waals surface area contributed by atoms with Gasteiger partial charge < -0.3 is 4.74 Å². The third-order valence-electron chi connectivity index (χ3n) is 2.55. The van der Waals surface area contributed by atoms with E-state index in [1.54, 1.807) is 0 Å². The van der Waals surface area contributed by atoms with Gasteiger partial charge in [0.05, 0.1) is 6.42 Å². The Hall–Kier alpha value is -1.12. The van der Waals surface area contributed by atoms with Crippen LogP contribution in [-0.4, -0.2) is 11.8 Å². The first-order chi connectivity index (χ1) is 6.27. The van der Waals surface area contributed by atoms with Gasteiger partial charge in [0, 0.05) is 18.4 Å². The van der Waals surface area contributed by atoms with Crippen LogP contribution in [0.3, 0.4) is 0 Å². The minimum atomic E-state index is -0.194. The van der Waals surface area contributed by atoms with E-state index < -0.39 is 0 Å². The summed E-state index contributed by atoms with van der Waals surface area (Å²) in [6.45, 7) is 0. The fourth-order valence-corrected chi connectivity index (χ4v) is 1.84. The van der Waals surface area contributed by atoms with Crippen LogP contribution in [0.1, 0.15) is 38.5 Å². The van der Waals surface area contributed by atoms with Gasteiger partial charge in [-0.05, 0) is 19.3 Å². The van der Waals surface area contributed by atoms with E-state index in [2.05, 4.69) is 0 Å². The summed E-state index contributed by atoms with van der Waals surface area (Å²) in [6, 6.07) is 0. The fraction of sp³-hybridized carbons (Fsp3) is 0.600. The van der Waals surface area contributed by atoms with Crippen molar-refractivity contribution < 1.29 is 14.3 Å². The number of cyclic esters (lactones) is 1. The molecule has 0 spiro atoms. The number of hydrogen-bond donors (Lipinski definition) is 0. The van der Waals surface area contributed by atoms with Gasteiger partial charge in [-0.1, -0.05) is 0 Å². The standard InChI is InChI=1S/C10H12O3/c11-8-4-2-1-3-7(8)9-5-6-10(12)13-9/h1-6H2/b9-7+. The summed E-state index contributed by atoms with van der Waals surface area (Å²) in [5, 5.41) is 0. The Labute approximate surface area is 76.8 Å². The Balaban J connectivity index is 2.21. The van der Waals surface area contributed by atoms with E-state index >= 15 is 0 Å². The molecule has 3 nitrogen and oxygen atoms in total. The molecule has 1 aliphatic carbocycles. The van der Waals surface area contributed by atoms with Crippen molar-refractivity contribution in [2.75, 3.05) is 0 Å². The van der Waals surface area contributed by atoms with Gasteiger partial charge in [0.1, 0.15) is 5.76 Å². The van der Waals surface area contributed by atoms with E-state index in [0.29, 0.717) is 25.0 Å². The second-order valence-electron chi connectivity index (χ2n) is 3.51. The van der Waals surface area contributed by atoms with Gasteiger partial charge in [-0.15, -0.1) is 0 Å². The Morgan fingerprint density at radius 1 is 0.923 bits per heavy atom. The lowest BCUT2D eigenvalue weighted by atomic mass is 9.92. The van der Waals surface area contributed by atoms with E-state index in [1.807, 2.05) is 0 Å². The Morgan fingerprint density at radius 3 is 2.31 bits per heavy atom. The molecule has 0 N–H and O–H groups in total. The molecule has 3 heteroatoms. The maximum absolute atomic E-state index is 11.4. The van der Waals surface area contributed by atoms with Crippen LogP contribution in [0.25, 0.3) is 0 Å². The minimum Gasteiger partial charge on any atom is -0.431 e. The lowest BCUT2D eigenvalue weighted by Crippen LogP contribution is -2.11. The molecule has 0 atom stereocenters. The highest BCUT2D eigenvalue weighted by Gasteiger charge is 2.26. The molecule has 2 rings (SSSR count). The molecule has 0 unspecified atom stereocenters. The van der Waals surface area contributed by atoms with Crippen LogP contribution in [0, 0.1) is 0 Å². The molecule has 70 valence electrons. The van der Waals surface area contributed by atoms with Crippen molar-refractivity contribution in [3.8, 4) is 0 Å². The third-order valence-corrected chi connectivity index (χ3v) is 2.55. The van der Waals surface area contributed by atoms with Crippen LogP contribution in [0.15, 0.2) is 11.3 Å². The van der Waals surface area contributed by atoms with Crippen molar-refractivity contribution in [1.82, 2.24) is 0 Å². The van der Waals surface area contributed by atoms with E-state index in [9.17, 15) is 9.59 Å². The summed E-state index contributed by atoms with van der Waals surface area (Å²) in [6.07, 6.45) is 4.50. The van der Waals surface area contributed by atoms with Crippen molar-refractivity contribution in [1.29, 1.82) is 0 Å². The maximum Gasteiger partial charge on any atom is 0.311 e. The summed E-state index contributed by atoms with van der Waals surface area (Å²) in [4.78, 5) is 22.3. The number of carbonyl (C=O) groups excluding carboxylic acids is 2. The smallest absolute Gasteiger partial charge is 0.311 e. The number of carbonyl (C=O) groups is 2. The average molecular weight is 180 g/mol. The topological polar surface area (TPSA) is 43.4 Å². The average Bonchev–Trinajstić information content (AvgIpc) is 2.53. The van der Waals surface area contributed by atoms with E-state index in [0.717, 1.165) is 24.8 Å². The number of allylic oxidation sites excluding steroid dienone is 2. The zero-order valence-corrected chi connectivity index (χ0v) is 7.47. The summed E-state index contributed by atoms with van der Waals surface area (Å²) in [7, 11) is 0. The van der Waals surface area contributed by atoms with Crippen LogP contribution in [-0.2, 0) is 14.3 Å². The highest BCUT2D eigenvalue weighted by molar-refractivity contribution is 5.97. The number of esters is 1. The van der Waals surface area contributed by atoms with Gasteiger partial charge in [0.15, 0.2) is 5.78 Å². The molecule has 0 radical (unpaired) electrons. The van der Waals surface area contributed by atoms with Crippen molar-refractivity contribution in [3.05, 3.63) is 11.3 Å². The van der Waals surface area contributed by atoms with Crippen LogP contribution in [0.5, 0.6) is 0 Å². The van der Waals surface area contributed by atoms with Crippen LogP contribution < -0.4 is 0 Å². The molecule has 0 amide bonds. The summed E-state index contributed by atoms with van der Waals surface area (Å²) in [5.41, 5.74) is 0.775. The van der Waals surface area contributed by atoms with E-state index in [1.165, 1.54) is 0 Å². The second-order valence-corrected chi connectivity index (χ2v) is 3.51.